The van der Waals surface area contributed by atoms with E-state index >= 15 is 0 Å². The van der Waals surface area contributed by atoms with Gasteiger partial charge in [0.15, 0.2) is 0 Å². The van der Waals surface area contributed by atoms with E-state index in [1.165, 1.54) is 18.2 Å². The van der Waals surface area contributed by atoms with Gasteiger partial charge in [0.2, 0.25) is 5.91 Å². The zero-order valence-corrected chi connectivity index (χ0v) is 21.5. The highest BCUT2D eigenvalue weighted by Gasteiger charge is 2.39. The Morgan fingerprint density at radius 2 is 1.67 bits per heavy atom. The molecule has 6 nitrogen and oxygen atoms in total. The molecule has 1 amide bonds. The second kappa shape index (κ2) is 11.9. The van der Waals surface area contributed by atoms with Crippen LogP contribution >= 0.6 is 0 Å². The van der Waals surface area contributed by atoms with E-state index in [0.29, 0.717) is 55.8 Å². The first-order valence-electron chi connectivity index (χ1n) is 13.1. The lowest BCUT2D eigenvalue weighted by Gasteiger charge is -2.38. The number of nitriles is 1. The SMILES string of the molecule is N#Cc1ccccc1N1CCN(C(=O)C2CC(NCc3ccc(F)cc3F)CN2Cc2ccccc2F)CC1. The van der Waals surface area contributed by atoms with E-state index in [4.69, 9.17) is 0 Å². The number of hydrogen-bond donors (Lipinski definition) is 1. The number of para-hydroxylation sites is 1. The molecule has 3 aromatic carbocycles. The number of nitrogens with zero attached hydrogens (tertiary/aromatic N) is 4. The maximum Gasteiger partial charge on any atom is 0.240 e. The van der Waals surface area contributed by atoms with Gasteiger partial charge < -0.3 is 15.1 Å². The Kier molecular flexibility index (Phi) is 8.15. The van der Waals surface area contributed by atoms with Gasteiger partial charge in [-0.25, -0.2) is 13.2 Å². The van der Waals surface area contributed by atoms with Crippen LogP contribution < -0.4 is 10.2 Å². The number of rotatable bonds is 7. The van der Waals surface area contributed by atoms with Crippen molar-refractivity contribution in [1.29, 1.82) is 5.26 Å². The Morgan fingerprint density at radius 3 is 2.41 bits per heavy atom. The molecule has 3 aromatic rings. The first kappa shape index (κ1) is 26.7. The van der Waals surface area contributed by atoms with Gasteiger partial charge in [-0.2, -0.15) is 5.26 Å². The van der Waals surface area contributed by atoms with Gasteiger partial charge in [0.05, 0.1) is 17.3 Å². The molecule has 9 heteroatoms. The van der Waals surface area contributed by atoms with Crippen LogP contribution in [0.1, 0.15) is 23.1 Å². The normalized spacial score (nSPS) is 19.7. The van der Waals surface area contributed by atoms with Crippen molar-refractivity contribution in [2.75, 3.05) is 37.6 Å². The van der Waals surface area contributed by atoms with Crippen LogP contribution in [0.15, 0.2) is 66.7 Å². The summed E-state index contributed by atoms with van der Waals surface area (Å²) in [4.78, 5) is 19.7. The number of nitrogens with one attached hydrogen (secondary N) is 1. The van der Waals surface area contributed by atoms with Crippen LogP contribution in [0.25, 0.3) is 0 Å². The summed E-state index contributed by atoms with van der Waals surface area (Å²) in [6, 6.07) is 19.1. The maximum atomic E-state index is 14.5. The molecule has 0 aromatic heterocycles. The molecule has 2 aliphatic heterocycles. The summed E-state index contributed by atoms with van der Waals surface area (Å²) >= 11 is 0. The lowest BCUT2D eigenvalue weighted by atomic mass is 10.1. The zero-order chi connectivity index (χ0) is 27.4. The van der Waals surface area contributed by atoms with Crippen molar-refractivity contribution in [2.24, 2.45) is 0 Å². The molecule has 39 heavy (non-hydrogen) atoms. The van der Waals surface area contributed by atoms with E-state index in [1.54, 1.807) is 24.3 Å². The van der Waals surface area contributed by atoms with Crippen LogP contribution in [0.4, 0.5) is 18.9 Å². The summed E-state index contributed by atoms with van der Waals surface area (Å²) in [6.07, 6.45) is 0.494. The molecule has 2 saturated heterocycles. The van der Waals surface area contributed by atoms with Gasteiger partial charge in [-0.1, -0.05) is 36.4 Å². The maximum absolute atomic E-state index is 14.5. The lowest BCUT2D eigenvalue weighted by Crippen LogP contribution is -2.53. The summed E-state index contributed by atoms with van der Waals surface area (Å²) in [5.74, 6) is -1.59. The Bertz CT molecular complexity index is 1370. The highest BCUT2D eigenvalue weighted by Crippen LogP contribution is 2.26. The molecule has 5 rings (SSSR count). The van der Waals surface area contributed by atoms with Crippen LogP contribution in [0.3, 0.4) is 0 Å². The third-order valence-corrected chi connectivity index (χ3v) is 7.57. The molecule has 2 unspecified atom stereocenters. The average Bonchev–Trinajstić information content (AvgIpc) is 3.36. The summed E-state index contributed by atoms with van der Waals surface area (Å²) in [7, 11) is 0. The molecule has 2 atom stereocenters. The molecule has 0 spiro atoms. The van der Waals surface area contributed by atoms with Crippen LogP contribution in [0, 0.1) is 28.8 Å². The highest BCUT2D eigenvalue weighted by molar-refractivity contribution is 5.82. The van der Waals surface area contributed by atoms with E-state index in [9.17, 15) is 23.2 Å². The molecule has 2 heterocycles. The van der Waals surface area contributed by atoms with Gasteiger partial charge in [-0.05, 0) is 30.7 Å². The van der Waals surface area contributed by atoms with Crippen molar-refractivity contribution in [3.63, 3.8) is 0 Å². The van der Waals surface area contributed by atoms with E-state index in [1.807, 2.05) is 28.0 Å². The Labute approximate surface area is 226 Å². The largest absolute Gasteiger partial charge is 0.367 e. The van der Waals surface area contributed by atoms with Gasteiger partial charge in [-0.15, -0.1) is 0 Å². The molecule has 0 bridgehead atoms. The van der Waals surface area contributed by atoms with Crippen LogP contribution in [0.5, 0.6) is 0 Å². The molecule has 202 valence electrons. The molecular weight excluding hydrogens is 503 g/mol. The van der Waals surface area contributed by atoms with E-state index in [0.717, 1.165) is 11.8 Å². The molecule has 1 N–H and O–H groups in total. The first-order valence-corrected chi connectivity index (χ1v) is 13.1. The number of carbonyl (C=O) groups excluding carboxylic acids is 1. The molecule has 2 aliphatic rings. The minimum absolute atomic E-state index is 0.0168. The van der Waals surface area contributed by atoms with Crippen molar-refractivity contribution in [3.8, 4) is 6.07 Å². The predicted molar refractivity (Wildman–Crippen MR) is 142 cm³/mol. The van der Waals surface area contributed by atoms with Crippen molar-refractivity contribution in [2.45, 2.75) is 31.6 Å². The lowest BCUT2D eigenvalue weighted by molar-refractivity contribution is -0.136. The van der Waals surface area contributed by atoms with E-state index < -0.39 is 17.7 Å². The van der Waals surface area contributed by atoms with Gasteiger partial charge in [0.25, 0.3) is 0 Å². The number of halogens is 3. The molecule has 2 fully saturated rings. The van der Waals surface area contributed by atoms with Crippen LogP contribution in [0.2, 0.25) is 0 Å². The minimum atomic E-state index is -0.630. The summed E-state index contributed by atoms with van der Waals surface area (Å²) in [5, 5.41) is 12.8. The van der Waals surface area contributed by atoms with Crippen LogP contribution in [-0.4, -0.2) is 60.5 Å². The predicted octanol–water partition coefficient (Wildman–Crippen LogP) is 4.06. The fourth-order valence-electron chi connectivity index (χ4n) is 5.47. The van der Waals surface area contributed by atoms with E-state index in [-0.39, 0.29) is 30.9 Å². The molecule has 0 aliphatic carbocycles. The smallest absolute Gasteiger partial charge is 0.240 e. The van der Waals surface area contributed by atoms with E-state index in [2.05, 4.69) is 16.3 Å². The Hall–Kier alpha value is -3.87. The van der Waals surface area contributed by atoms with Crippen molar-refractivity contribution >= 4 is 11.6 Å². The third kappa shape index (κ3) is 6.08. The first-order chi connectivity index (χ1) is 18.9. The van der Waals surface area contributed by atoms with Gasteiger partial charge in [0.1, 0.15) is 23.5 Å². The molecule has 0 radical (unpaired) electrons. The minimum Gasteiger partial charge on any atom is -0.367 e. The summed E-state index contributed by atoms with van der Waals surface area (Å²) < 4.78 is 42.0. The number of piperazine rings is 1. The van der Waals surface area contributed by atoms with Gasteiger partial charge >= 0.3 is 0 Å². The third-order valence-electron chi connectivity index (χ3n) is 7.57. The fraction of sp³-hybridized carbons (Fsp3) is 0.333. The number of carbonyl (C=O) groups is 1. The number of amides is 1. The molecule has 0 saturated carbocycles. The van der Waals surface area contributed by atoms with Crippen molar-refractivity contribution in [1.82, 2.24) is 15.1 Å². The summed E-state index contributed by atoms with van der Waals surface area (Å²) in [6.45, 7) is 3.21. The van der Waals surface area contributed by atoms with Crippen molar-refractivity contribution in [3.05, 3.63) is 101 Å². The Morgan fingerprint density at radius 1 is 0.923 bits per heavy atom. The summed E-state index contributed by atoms with van der Waals surface area (Å²) in [5.41, 5.74) is 2.33. The topological polar surface area (TPSA) is 62.6 Å². The fourth-order valence-corrected chi connectivity index (χ4v) is 5.47. The number of anilines is 1. The Balaban J connectivity index is 1.27. The van der Waals surface area contributed by atoms with Gasteiger partial charge in [0, 0.05) is 69.0 Å². The number of benzene rings is 3. The monoisotopic (exact) mass is 533 g/mol. The highest BCUT2D eigenvalue weighted by atomic mass is 19.1. The average molecular weight is 534 g/mol. The van der Waals surface area contributed by atoms with Gasteiger partial charge in [-0.3, -0.25) is 9.69 Å². The second-order valence-electron chi connectivity index (χ2n) is 10.0. The standard InChI is InChI=1S/C30H30F3N5O/c31-24-10-9-22(27(33)15-24)18-35-25-16-29(38(20-25)19-23-6-1-3-7-26(23)32)30(39)37-13-11-36(12-14-37)28-8-4-2-5-21(28)17-34/h1-10,15,25,29,35H,11-14,16,18-20H2. The number of hydrogen-bond acceptors (Lipinski definition) is 5. The molecular formula is C30H30F3N5O. The van der Waals surface area contributed by atoms with Crippen LogP contribution in [-0.2, 0) is 17.9 Å². The van der Waals surface area contributed by atoms with Crippen molar-refractivity contribution < 1.29 is 18.0 Å². The number of likely N-dealkylation sites (tertiary alicyclic amines) is 1. The quantitative estimate of drug-likeness (QED) is 0.497. The second-order valence-corrected chi connectivity index (χ2v) is 10.0. The zero-order valence-electron chi connectivity index (χ0n) is 21.5.